The van der Waals surface area contributed by atoms with Crippen molar-refractivity contribution < 1.29 is 5.11 Å². The Labute approximate surface area is 86.5 Å². The molecule has 0 saturated carbocycles. The topological polar surface area (TPSA) is 61.5 Å². The highest BCUT2D eigenvalue weighted by Crippen LogP contribution is 2.09. The van der Waals surface area contributed by atoms with Crippen LogP contribution >= 0.6 is 0 Å². The van der Waals surface area contributed by atoms with Crippen LogP contribution in [0.4, 0.5) is 0 Å². The number of hydrogen-bond donors (Lipinski definition) is 3. The Balaban J connectivity index is 2.37. The van der Waals surface area contributed by atoms with Crippen molar-refractivity contribution >= 4 is 0 Å². The van der Waals surface area contributed by atoms with Gasteiger partial charge in [-0.05, 0) is 26.8 Å². The monoisotopic (exact) mass is 201 g/mol. The van der Waals surface area contributed by atoms with Crippen molar-refractivity contribution in [1.82, 2.24) is 10.2 Å². The summed E-state index contributed by atoms with van der Waals surface area (Å²) in [4.78, 5) is 2.31. The van der Waals surface area contributed by atoms with E-state index in [1.165, 1.54) is 0 Å². The molecule has 4 nitrogen and oxygen atoms in total. The van der Waals surface area contributed by atoms with E-state index in [1.54, 1.807) is 0 Å². The molecule has 0 aromatic carbocycles. The van der Waals surface area contributed by atoms with E-state index in [0.29, 0.717) is 12.6 Å². The van der Waals surface area contributed by atoms with Crippen LogP contribution in [0.2, 0.25) is 0 Å². The molecule has 1 saturated heterocycles. The molecular formula is C10H23N3O. The summed E-state index contributed by atoms with van der Waals surface area (Å²) >= 11 is 0. The Morgan fingerprint density at radius 1 is 1.57 bits per heavy atom. The van der Waals surface area contributed by atoms with E-state index in [2.05, 4.69) is 24.1 Å². The summed E-state index contributed by atoms with van der Waals surface area (Å²) in [5.74, 6) is 0. The second kappa shape index (κ2) is 5.66. The van der Waals surface area contributed by atoms with Crippen LogP contribution < -0.4 is 11.1 Å². The number of aliphatic hydroxyl groups is 1. The van der Waals surface area contributed by atoms with Gasteiger partial charge in [-0.25, -0.2) is 0 Å². The standard InChI is InChI=1S/C10H23N3O/c1-8(2)13(6-4-11)7-9-10(14)3-5-12-9/h8-10,12,14H,3-7,11H2,1-2H3. The summed E-state index contributed by atoms with van der Waals surface area (Å²) in [5, 5.41) is 13.0. The lowest BCUT2D eigenvalue weighted by molar-refractivity contribution is 0.119. The van der Waals surface area contributed by atoms with Gasteiger partial charge in [0, 0.05) is 31.7 Å². The highest BCUT2D eigenvalue weighted by molar-refractivity contribution is 4.86. The van der Waals surface area contributed by atoms with Crippen LogP contribution in [0, 0.1) is 0 Å². The number of nitrogens with zero attached hydrogens (tertiary/aromatic N) is 1. The summed E-state index contributed by atoms with van der Waals surface area (Å²) < 4.78 is 0. The Hall–Kier alpha value is -0.160. The maximum atomic E-state index is 9.67. The third-order valence-corrected chi connectivity index (χ3v) is 2.89. The molecule has 0 aromatic rings. The van der Waals surface area contributed by atoms with Crippen LogP contribution in [0.1, 0.15) is 20.3 Å². The van der Waals surface area contributed by atoms with Gasteiger partial charge in [-0.3, -0.25) is 4.90 Å². The maximum absolute atomic E-state index is 9.67. The lowest BCUT2D eigenvalue weighted by atomic mass is 10.1. The van der Waals surface area contributed by atoms with Crippen molar-refractivity contribution in [2.45, 2.75) is 38.5 Å². The maximum Gasteiger partial charge on any atom is 0.0717 e. The van der Waals surface area contributed by atoms with Crippen LogP contribution in [0.3, 0.4) is 0 Å². The van der Waals surface area contributed by atoms with Crippen LogP contribution in [0.5, 0.6) is 0 Å². The molecule has 84 valence electrons. The Morgan fingerprint density at radius 2 is 2.29 bits per heavy atom. The lowest BCUT2D eigenvalue weighted by Crippen LogP contribution is -2.46. The Bertz CT molecular complexity index is 163. The predicted molar refractivity (Wildman–Crippen MR) is 58.2 cm³/mol. The summed E-state index contributed by atoms with van der Waals surface area (Å²) in [5.41, 5.74) is 5.55. The first kappa shape index (κ1) is 11.9. The van der Waals surface area contributed by atoms with Gasteiger partial charge in [0.05, 0.1) is 6.10 Å². The fourth-order valence-electron chi connectivity index (χ4n) is 1.92. The molecule has 2 unspecified atom stereocenters. The average molecular weight is 201 g/mol. The summed E-state index contributed by atoms with van der Waals surface area (Å²) in [6.07, 6.45) is 0.688. The van der Waals surface area contributed by atoms with E-state index >= 15 is 0 Å². The zero-order valence-electron chi connectivity index (χ0n) is 9.24. The molecule has 0 radical (unpaired) electrons. The predicted octanol–water partition coefficient (Wildman–Crippen LogP) is -0.622. The zero-order chi connectivity index (χ0) is 10.6. The first-order valence-electron chi connectivity index (χ1n) is 5.50. The minimum Gasteiger partial charge on any atom is -0.391 e. The second-order valence-corrected chi connectivity index (χ2v) is 4.29. The first-order chi connectivity index (χ1) is 6.65. The van der Waals surface area contributed by atoms with Gasteiger partial charge in [0.25, 0.3) is 0 Å². The molecule has 0 bridgehead atoms. The van der Waals surface area contributed by atoms with Crippen LogP contribution in [-0.2, 0) is 0 Å². The van der Waals surface area contributed by atoms with E-state index in [1.807, 2.05) is 0 Å². The second-order valence-electron chi connectivity index (χ2n) is 4.29. The van der Waals surface area contributed by atoms with Crippen LogP contribution in [0.25, 0.3) is 0 Å². The molecule has 2 atom stereocenters. The van der Waals surface area contributed by atoms with E-state index in [4.69, 9.17) is 5.73 Å². The Kier molecular flexibility index (Phi) is 4.81. The van der Waals surface area contributed by atoms with E-state index < -0.39 is 0 Å². The molecule has 0 aliphatic carbocycles. The van der Waals surface area contributed by atoms with Gasteiger partial charge >= 0.3 is 0 Å². The summed E-state index contributed by atoms with van der Waals surface area (Å²) in [6.45, 7) is 7.74. The van der Waals surface area contributed by atoms with Gasteiger partial charge < -0.3 is 16.2 Å². The number of nitrogens with two attached hydrogens (primary N) is 1. The number of aliphatic hydroxyl groups excluding tert-OH is 1. The third-order valence-electron chi connectivity index (χ3n) is 2.89. The molecule has 1 aliphatic rings. The van der Waals surface area contributed by atoms with Crippen LogP contribution in [0.15, 0.2) is 0 Å². The van der Waals surface area contributed by atoms with Gasteiger partial charge in [-0.15, -0.1) is 0 Å². The molecular weight excluding hydrogens is 178 g/mol. The molecule has 14 heavy (non-hydrogen) atoms. The molecule has 4 N–H and O–H groups in total. The van der Waals surface area contributed by atoms with Crippen molar-refractivity contribution in [3.63, 3.8) is 0 Å². The zero-order valence-corrected chi connectivity index (χ0v) is 9.24. The number of rotatable bonds is 5. The third kappa shape index (κ3) is 3.20. The molecule has 0 aromatic heterocycles. The highest BCUT2D eigenvalue weighted by atomic mass is 16.3. The van der Waals surface area contributed by atoms with Gasteiger partial charge in [0.15, 0.2) is 0 Å². The SMILES string of the molecule is CC(C)N(CCN)CC1NCCC1O. The molecule has 1 heterocycles. The Morgan fingerprint density at radius 3 is 2.71 bits per heavy atom. The minimum absolute atomic E-state index is 0.186. The number of hydrogen-bond acceptors (Lipinski definition) is 4. The quantitative estimate of drug-likeness (QED) is 0.555. The van der Waals surface area contributed by atoms with Crippen molar-refractivity contribution in [2.75, 3.05) is 26.2 Å². The molecule has 1 rings (SSSR count). The first-order valence-corrected chi connectivity index (χ1v) is 5.50. The minimum atomic E-state index is -0.186. The molecule has 1 aliphatic heterocycles. The fraction of sp³-hybridized carbons (Fsp3) is 1.00. The average Bonchev–Trinajstić information content (AvgIpc) is 2.51. The number of nitrogens with one attached hydrogen (secondary N) is 1. The van der Waals surface area contributed by atoms with Crippen LogP contribution in [-0.4, -0.2) is 54.4 Å². The lowest BCUT2D eigenvalue weighted by Gasteiger charge is -2.29. The molecule has 0 amide bonds. The van der Waals surface area contributed by atoms with Gasteiger partial charge in [-0.1, -0.05) is 0 Å². The van der Waals surface area contributed by atoms with Crippen molar-refractivity contribution in [3.05, 3.63) is 0 Å². The fourth-order valence-corrected chi connectivity index (χ4v) is 1.92. The van der Waals surface area contributed by atoms with E-state index in [9.17, 15) is 5.11 Å². The van der Waals surface area contributed by atoms with E-state index in [-0.39, 0.29) is 12.1 Å². The molecule has 1 fully saturated rings. The summed E-state index contributed by atoms with van der Waals surface area (Å²) in [6, 6.07) is 0.720. The van der Waals surface area contributed by atoms with Crippen molar-refractivity contribution in [1.29, 1.82) is 0 Å². The van der Waals surface area contributed by atoms with Crippen molar-refractivity contribution in [2.24, 2.45) is 5.73 Å². The molecule has 4 heteroatoms. The van der Waals surface area contributed by atoms with Gasteiger partial charge in [0.1, 0.15) is 0 Å². The highest BCUT2D eigenvalue weighted by Gasteiger charge is 2.26. The van der Waals surface area contributed by atoms with Gasteiger partial charge in [0.2, 0.25) is 0 Å². The largest absolute Gasteiger partial charge is 0.391 e. The normalized spacial score (nSPS) is 27.9. The van der Waals surface area contributed by atoms with Gasteiger partial charge in [-0.2, -0.15) is 0 Å². The van der Waals surface area contributed by atoms with E-state index in [0.717, 1.165) is 26.1 Å². The smallest absolute Gasteiger partial charge is 0.0717 e. The molecule has 0 spiro atoms. The van der Waals surface area contributed by atoms with Crippen molar-refractivity contribution in [3.8, 4) is 0 Å². The summed E-state index contributed by atoms with van der Waals surface area (Å²) in [7, 11) is 0.